The Labute approximate surface area is 191 Å². The number of benzene rings is 2. The third-order valence-corrected chi connectivity index (χ3v) is 7.44. The zero-order chi connectivity index (χ0) is 21.9. The van der Waals surface area contributed by atoms with Crippen LogP contribution in [-0.2, 0) is 16.4 Å². The van der Waals surface area contributed by atoms with Crippen LogP contribution >= 0.6 is 34.8 Å². The number of carbonyl (C=O) groups excluding carboxylic acids is 1. The van der Waals surface area contributed by atoms with Gasteiger partial charge in [-0.05, 0) is 42.7 Å². The van der Waals surface area contributed by atoms with Crippen LogP contribution in [0.1, 0.15) is 35.7 Å². The second kappa shape index (κ2) is 9.77. The largest absolute Gasteiger partial charge is 0.490 e. The molecule has 5 nitrogen and oxygen atoms in total. The average molecular weight is 491 g/mol. The van der Waals surface area contributed by atoms with Gasteiger partial charge in [0.2, 0.25) is 0 Å². The van der Waals surface area contributed by atoms with Gasteiger partial charge in [-0.3, -0.25) is 4.79 Å². The van der Waals surface area contributed by atoms with Crippen molar-refractivity contribution in [3.63, 3.8) is 0 Å². The Kier molecular flexibility index (Phi) is 7.56. The molecule has 0 bridgehead atoms. The molecule has 1 fully saturated rings. The van der Waals surface area contributed by atoms with Gasteiger partial charge in [0, 0.05) is 23.2 Å². The summed E-state index contributed by atoms with van der Waals surface area (Å²) in [4.78, 5) is 15.0. The fraction of sp³-hybridized carbons (Fsp3) is 0.381. The molecule has 9 heteroatoms. The van der Waals surface area contributed by atoms with E-state index in [1.807, 2.05) is 19.1 Å². The summed E-state index contributed by atoms with van der Waals surface area (Å²) >= 11 is 18.6. The first-order valence-corrected chi connectivity index (χ1v) is 12.5. The molecule has 1 atom stereocenters. The van der Waals surface area contributed by atoms with Crippen LogP contribution in [0.5, 0.6) is 5.75 Å². The van der Waals surface area contributed by atoms with Gasteiger partial charge in [0.25, 0.3) is 5.91 Å². The van der Waals surface area contributed by atoms with Crippen LogP contribution in [0.4, 0.5) is 0 Å². The quantitative estimate of drug-likeness (QED) is 0.531. The molecule has 0 saturated carbocycles. The summed E-state index contributed by atoms with van der Waals surface area (Å²) in [5.41, 5.74) is 1.13. The standard InChI is InChI=1S/C21H22Cl3NO4S/c1-2-8-29-20-18(23)10-15(11-19(20)24)21(26)25(17-7-9-30(27,28)13-17)12-14-3-5-16(22)6-4-14/h3-6,10-11,17H,2,7-9,12-13H2,1H3. The Hall–Kier alpha value is -1.47. The molecule has 1 aliphatic rings. The van der Waals surface area contributed by atoms with Crippen LogP contribution in [0.2, 0.25) is 15.1 Å². The zero-order valence-corrected chi connectivity index (χ0v) is 19.5. The van der Waals surface area contributed by atoms with Crippen molar-refractivity contribution in [1.82, 2.24) is 4.90 Å². The minimum absolute atomic E-state index is 0.0629. The highest BCUT2D eigenvalue weighted by molar-refractivity contribution is 7.91. The minimum atomic E-state index is -3.18. The average Bonchev–Trinajstić information content (AvgIpc) is 3.05. The zero-order valence-electron chi connectivity index (χ0n) is 16.4. The molecular weight excluding hydrogens is 469 g/mol. The normalized spacial score (nSPS) is 17.7. The van der Waals surface area contributed by atoms with E-state index in [1.54, 1.807) is 17.0 Å². The molecule has 1 amide bonds. The van der Waals surface area contributed by atoms with Crippen molar-refractivity contribution in [2.45, 2.75) is 32.4 Å². The highest BCUT2D eigenvalue weighted by Crippen LogP contribution is 2.35. The maximum Gasteiger partial charge on any atom is 0.254 e. The van der Waals surface area contributed by atoms with Crippen molar-refractivity contribution < 1.29 is 17.9 Å². The number of ether oxygens (including phenoxy) is 1. The number of hydrogen-bond donors (Lipinski definition) is 0. The molecule has 0 radical (unpaired) electrons. The molecule has 1 unspecified atom stereocenters. The summed E-state index contributed by atoms with van der Waals surface area (Å²) in [6.07, 6.45) is 1.18. The lowest BCUT2D eigenvalue weighted by molar-refractivity contribution is 0.0681. The molecule has 3 rings (SSSR count). The van der Waals surface area contributed by atoms with E-state index in [-0.39, 0.29) is 39.6 Å². The number of rotatable bonds is 7. The number of nitrogens with zero attached hydrogens (tertiary/aromatic N) is 1. The van der Waals surface area contributed by atoms with Crippen molar-refractivity contribution in [2.75, 3.05) is 18.1 Å². The SMILES string of the molecule is CCCOc1c(Cl)cc(C(=O)N(Cc2ccc(Cl)cc2)C2CCS(=O)(=O)C2)cc1Cl. The Bertz CT molecular complexity index is 1000. The number of amides is 1. The van der Waals surface area contributed by atoms with Crippen molar-refractivity contribution >= 4 is 50.5 Å². The van der Waals surface area contributed by atoms with E-state index < -0.39 is 15.9 Å². The Balaban J connectivity index is 1.92. The maximum absolute atomic E-state index is 13.4. The van der Waals surface area contributed by atoms with Gasteiger partial charge in [-0.15, -0.1) is 0 Å². The first-order chi connectivity index (χ1) is 14.2. The Morgan fingerprint density at radius 3 is 2.30 bits per heavy atom. The van der Waals surface area contributed by atoms with E-state index in [0.717, 1.165) is 12.0 Å². The molecule has 0 aromatic heterocycles. The van der Waals surface area contributed by atoms with E-state index in [1.165, 1.54) is 12.1 Å². The van der Waals surface area contributed by atoms with Crippen molar-refractivity contribution in [3.8, 4) is 5.75 Å². The van der Waals surface area contributed by atoms with Crippen molar-refractivity contribution in [2.24, 2.45) is 0 Å². The summed E-state index contributed by atoms with van der Waals surface area (Å²) in [5.74, 6) is 0.00102. The van der Waals surface area contributed by atoms with Crippen LogP contribution < -0.4 is 4.74 Å². The van der Waals surface area contributed by atoms with Gasteiger partial charge in [0.1, 0.15) is 0 Å². The fourth-order valence-corrected chi connectivity index (χ4v) is 5.82. The monoisotopic (exact) mass is 489 g/mol. The molecule has 2 aromatic rings. The van der Waals surface area contributed by atoms with E-state index in [0.29, 0.717) is 23.8 Å². The predicted octanol–water partition coefficient (Wildman–Crippen LogP) is 5.27. The number of halogens is 3. The highest BCUT2D eigenvalue weighted by atomic mass is 35.5. The lowest BCUT2D eigenvalue weighted by Gasteiger charge is -2.29. The first kappa shape index (κ1) is 23.2. The topological polar surface area (TPSA) is 63.7 Å². The molecule has 1 saturated heterocycles. The van der Waals surface area contributed by atoms with Gasteiger partial charge in [0.15, 0.2) is 15.6 Å². The highest BCUT2D eigenvalue weighted by Gasteiger charge is 2.35. The number of sulfone groups is 1. The van der Waals surface area contributed by atoms with Gasteiger partial charge < -0.3 is 9.64 Å². The van der Waals surface area contributed by atoms with Crippen molar-refractivity contribution in [3.05, 3.63) is 62.6 Å². The summed E-state index contributed by atoms with van der Waals surface area (Å²) < 4.78 is 29.6. The van der Waals surface area contributed by atoms with Gasteiger partial charge in [-0.2, -0.15) is 0 Å². The summed E-state index contributed by atoms with van der Waals surface area (Å²) in [7, 11) is -3.18. The molecule has 30 heavy (non-hydrogen) atoms. The van der Waals surface area contributed by atoms with E-state index in [9.17, 15) is 13.2 Å². The van der Waals surface area contributed by atoms with E-state index in [4.69, 9.17) is 39.5 Å². The van der Waals surface area contributed by atoms with Crippen molar-refractivity contribution in [1.29, 1.82) is 0 Å². The molecular formula is C21H22Cl3NO4S. The number of hydrogen-bond acceptors (Lipinski definition) is 4. The first-order valence-electron chi connectivity index (χ1n) is 9.58. The molecule has 0 spiro atoms. The van der Waals surface area contributed by atoms with Crippen LogP contribution in [-0.4, -0.2) is 43.4 Å². The maximum atomic E-state index is 13.4. The molecule has 2 aromatic carbocycles. The lowest BCUT2D eigenvalue weighted by Crippen LogP contribution is -2.40. The smallest absolute Gasteiger partial charge is 0.254 e. The number of carbonyl (C=O) groups is 1. The summed E-state index contributed by atoms with van der Waals surface area (Å²) in [6, 6.07) is 9.70. The van der Waals surface area contributed by atoms with Crippen LogP contribution in [0.3, 0.4) is 0 Å². The van der Waals surface area contributed by atoms with Crippen LogP contribution in [0.25, 0.3) is 0 Å². The summed E-state index contributed by atoms with van der Waals surface area (Å²) in [6.45, 7) is 2.67. The predicted molar refractivity (Wildman–Crippen MR) is 121 cm³/mol. The minimum Gasteiger partial charge on any atom is -0.490 e. The summed E-state index contributed by atoms with van der Waals surface area (Å²) in [5, 5.41) is 1.07. The van der Waals surface area contributed by atoms with Crippen LogP contribution in [0, 0.1) is 0 Å². The molecule has 0 aliphatic carbocycles. The van der Waals surface area contributed by atoms with Crippen LogP contribution in [0.15, 0.2) is 36.4 Å². The molecule has 1 heterocycles. The Morgan fingerprint density at radius 2 is 1.77 bits per heavy atom. The second-order valence-corrected chi connectivity index (χ2v) is 10.7. The Morgan fingerprint density at radius 1 is 1.13 bits per heavy atom. The van der Waals surface area contributed by atoms with E-state index in [2.05, 4.69) is 0 Å². The fourth-order valence-electron chi connectivity index (χ4n) is 3.37. The molecule has 162 valence electrons. The van der Waals surface area contributed by atoms with Gasteiger partial charge in [-0.25, -0.2) is 8.42 Å². The van der Waals surface area contributed by atoms with Gasteiger partial charge in [0.05, 0.1) is 28.2 Å². The second-order valence-electron chi connectivity index (χ2n) is 7.23. The molecule has 0 N–H and O–H groups in total. The van der Waals surface area contributed by atoms with E-state index >= 15 is 0 Å². The van der Waals surface area contributed by atoms with Gasteiger partial charge >= 0.3 is 0 Å². The van der Waals surface area contributed by atoms with Gasteiger partial charge in [-0.1, -0.05) is 53.9 Å². The molecule has 1 aliphatic heterocycles. The third-order valence-electron chi connectivity index (χ3n) is 4.87. The third kappa shape index (κ3) is 5.61. The lowest BCUT2D eigenvalue weighted by atomic mass is 10.1.